The molecule has 2 aliphatic heterocycles. The van der Waals surface area contributed by atoms with Gasteiger partial charge in [0.25, 0.3) is 0 Å². The van der Waals surface area contributed by atoms with Crippen LogP contribution in [0.15, 0.2) is 48.5 Å². The number of likely N-dealkylation sites (tertiary alicyclic amines) is 1. The molecule has 0 spiro atoms. The minimum absolute atomic E-state index is 0.0929. The molecule has 0 unspecified atom stereocenters. The zero-order valence-corrected chi connectivity index (χ0v) is 22.4. The fraction of sp³-hybridized carbons (Fsp3) is 0.533. The number of carbonyl (C=O) groups excluding carboxylic acids is 1. The highest BCUT2D eigenvalue weighted by atomic mass is 16.5. The summed E-state index contributed by atoms with van der Waals surface area (Å²) in [5.74, 6) is 2.38. The average molecular weight is 504 g/mol. The normalized spacial score (nSPS) is 19.4. The van der Waals surface area contributed by atoms with Crippen LogP contribution in [0.5, 0.6) is 5.75 Å². The topological polar surface area (TPSA) is 53.8 Å². The van der Waals surface area contributed by atoms with Crippen molar-refractivity contribution in [3.8, 4) is 5.75 Å². The van der Waals surface area contributed by atoms with Crippen LogP contribution in [-0.4, -0.2) is 83.1 Å². The predicted molar refractivity (Wildman–Crippen MR) is 148 cm³/mol. The summed E-state index contributed by atoms with van der Waals surface area (Å²) >= 11 is 0. The van der Waals surface area contributed by atoms with E-state index in [0.717, 1.165) is 94.4 Å². The predicted octanol–water partition coefficient (Wildman–Crippen LogP) is 4.25. The Hall–Kier alpha value is -2.90. The lowest BCUT2D eigenvalue weighted by Gasteiger charge is -2.39. The Morgan fingerprint density at radius 2 is 1.76 bits per heavy atom. The number of hydrogen-bond donors (Lipinski definition) is 0. The first-order valence-corrected chi connectivity index (χ1v) is 13.9. The first-order valence-electron chi connectivity index (χ1n) is 13.9. The summed E-state index contributed by atoms with van der Waals surface area (Å²) in [6, 6.07) is 16.6. The highest BCUT2D eigenvalue weighted by Gasteiger charge is 2.31. The van der Waals surface area contributed by atoms with Crippen LogP contribution in [0.2, 0.25) is 0 Å². The maximum Gasteiger partial charge on any atom is 0.227 e. The van der Waals surface area contributed by atoms with Gasteiger partial charge in [0.2, 0.25) is 5.91 Å². The van der Waals surface area contributed by atoms with Gasteiger partial charge in [-0.2, -0.15) is 0 Å². The SMILES string of the molecule is CCCCN1CCN(C(=O)[C@@H]2CCCN(Cc3nc4ccccc4n3Cc3ccc(OC)cc3)C2)CC1. The molecule has 1 amide bonds. The third-order valence-corrected chi connectivity index (χ3v) is 7.96. The van der Waals surface area contributed by atoms with E-state index in [2.05, 4.69) is 62.6 Å². The first-order chi connectivity index (χ1) is 18.1. The van der Waals surface area contributed by atoms with Crippen molar-refractivity contribution in [3.63, 3.8) is 0 Å². The molecule has 3 heterocycles. The summed E-state index contributed by atoms with van der Waals surface area (Å²) in [6.45, 7) is 10.5. The number of hydrogen-bond acceptors (Lipinski definition) is 5. The van der Waals surface area contributed by atoms with Crippen molar-refractivity contribution < 1.29 is 9.53 Å². The van der Waals surface area contributed by atoms with Gasteiger partial charge in [0.05, 0.1) is 30.6 Å². The van der Waals surface area contributed by atoms with Gasteiger partial charge in [0.15, 0.2) is 0 Å². The number of carbonyl (C=O) groups is 1. The molecule has 0 saturated carbocycles. The Bertz CT molecular complexity index is 1170. The number of para-hydroxylation sites is 2. The number of piperidine rings is 1. The van der Waals surface area contributed by atoms with E-state index in [-0.39, 0.29) is 5.92 Å². The van der Waals surface area contributed by atoms with Crippen LogP contribution in [0.25, 0.3) is 11.0 Å². The minimum Gasteiger partial charge on any atom is -0.497 e. The average Bonchev–Trinajstić information content (AvgIpc) is 3.28. The van der Waals surface area contributed by atoms with Gasteiger partial charge < -0.3 is 14.2 Å². The molecule has 2 saturated heterocycles. The van der Waals surface area contributed by atoms with Crippen molar-refractivity contribution in [1.29, 1.82) is 0 Å². The van der Waals surface area contributed by atoms with Crippen LogP contribution < -0.4 is 4.74 Å². The molecule has 7 heteroatoms. The molecule has 1 atom stereocenters. The van der Waals surface area contributed by atoms with Crippen molar-refractivity contribution in [2.24, 2.45) is 5.92 Å². The number of amides is 1. The Balaban J connectivity index is 1.26. The number of unbranched alkanes of at least 4 members (excludes halogenated alkanes) is 1. The second kappa shape index (κ2) is 12.1. The highest BCUT2D eigenvalue weighted by Crippen LogP contribution is 2.24. The number of benzene rings is 2. The standard InChI is InChI=1S/C30H41N5O2/c1-3-4-15-32-17-19-34(20-18-32)30(36)25-8-7-16-33(22-25)23-29-31-27-9-5-6-10-28(27)35(29)21-24-11-13-26(37-2)14-12-24/h5-6,9-14,25H,3-4,7-8,15-23H2,1-2H3/t25-/m1/s1. The zero-order valence-electron chi connectivity index (χ0n) is 22.4. The van der Waals surface area contributed by atoms with E-state index in [4.69, 9.17) is 9.72 Å². The van der Waals surface area contributed by atoms with Gasteiger partial charge in [-0.15, -0.1) is 0 Å². The molecule has 2 aromatic carbocycles. The smallest absolute Gasteiger partial charge is 0.227 e. The van der Waals surface area contributed by atoms with E-state index >= 15 is 0 Å². The number of imidazole rings is 1. The van der Waals surface area contributed by atoms with E-state index < -0.39 is 0 Å². The zero-order chi connectivity index (χ0) is 25.6. The molecular weight excluding hydrogens is 462 g/mol. The Labute approximate surface area is 221 Å². The Morgan fingerprint density at radius 1 is 0.973 bits per heavy atom. The summed E-state index contributed by atoms with van der Waals surface area (Å²) in [4.78, 5) is 25.5. The van der Waals surface area contributed by atoms with Crippen molar-refractivity contribution in [2.45, 2.75) is 45.7 Å². The van der Waals surface area contributed by atoms with E-state index in [1.807, 2.05) is 12.1 Å². The lowest BCUT2D eigenvalue weighted by molar-refractivity contribution is -0.139. The van der Waals surface area contributed by atoms with E-state index in [1.54, 1.807) is 7.11 Å². The molecule has 37 heavy (non-hydrogen) atoms. The highest BCUT2D eigenvalue weighted by molar-refractivity contribution is 5.79. The second-order valence-electron chi connectivity index (χ2n) is 10.5. The molecule has 0 aliphatic carbocycles. The molecule has 198 valence electrons. The van der Waals surface area contributed by atoms with Gasteiger partial charge >= 0.3 is 0 Å². The lowest BCUT2D eigenvalue weighted by Crippen LogP contribution is -2.52. The van der Waals surface area contributed by atoms with Gasteiger partial charge in [-0.25, -0.2) is 4.98 Å². The molecule has 0 N–H and O–H groups in total. The summed E-state index contributed by atoms with van der Waals surface area (Å²) in [5, 5.41) is 0. The molecule has 3 aromatic rings. The fourth-order valence-corrected chi connectivity index (χ4v) is 5.77. The number of ether oxygens (including phenoxy) is 1. The monoisotopic (exact) mass is 503 g/mol. The van der Waals surface area contributed by atoms with Gasteiger partial charge in [0.1, 0.15) is 11.6 Å². The van der Waals surface area contributed by atoms with Crippen molar-refractivity contribution >= 4 is 16.9 Å². The number of fused-ring (bicyclic) bond motifs is 1. The van der Waals surface area contributed by atoms with Crippen LogP contribution in [-0.2, 0) is 17.9 Å². The first kappa shape index (κ1) is 25.7. The summed E-state index contributed by atoms with van der Waals surface area (Å²) in [7, 11) is 1.70. The van der Waals surface area contributed by atoms with Crippen molar-refractivity contribution in [3.05, 3.63) is 59.9 Å². The molecule has 7 nitrogen and oxygen atoms in total. The molecule has 1 aromatic heterocycles. The number of nitrogens with zero attached hydrogens (tertiary/aromatic N) is 5. The maximum atomic E-state index is 13.4. The molecule has 0 radical (unpaired) electrons. The third kappa shape index (κ3) is 6.16. The van der Waals surface area contributed by atoms with Crippen LogP contribution >= 0.6 is 0 Å². The second-order valence-corrected chi connectivity index (χ2v) is 10.5. The van der Waals surface area contributed by atoms with Gasteiger partial charge in [-0.3, -0.25) is 14.6 Å². The Morgan fingerprint density at radius 3 is 2.51 bits per heavy atom. The number of methoxy groups -OCH3 is 1. The van der Waals surface area contributed by atoms with Crippen LogP contribution in [0.4, 0.5) is 0 Å². The Kier molecular flexibility index (Phi) is 8.41. The minimum atomic E-state index is 0.0929. The summed E-state index contributed by atoms with van der Waals surface area (Å²) in [6.07, 6.45) is 4.53. The van der Waals surface area contributed by atoms with Crippen molar-refractivity contribution in [1.82, 2.24) is 24.3 Å². The molecule has 0 bridgehead atoms. The quantitative estimate of drug-likeness (QED) is 0.437. The maximum absolute atomic E-state index is 13.4. The molecule has 5 rings (SSSR count). The van der Waals surface area contributed by atoms with Crippen LogP contribution in [0.1, 0.15) is 44.0 Å². The summed E-state index contributed by atoms with van der Waals surface area (Å²) < 4.78 is 7.67. The fourth-order valence-electron chi connectivity index (χ4n) is 5.77. The van der Waals surface area contributed by atoms with Gasteiger partial charge in [0, 0.05) is 39.3 Å². The molecular formula is C30H41N5O2. The number of aromatic nitrogens is 2. The van der Waals surface area contributed by atoms with Crippen LogP contribution in [0, 0.1) is 5.92 Å². The number of rotatable bonds is 9. The van der Waals surface area contributed by atoms with Gasteiger partial charge in [-0.1, -0.05) is 37.6 Å². The summed E-state index contributed by atoms with van der Waals surface area (Å²) in [5.41, 5.74) is 3.39. The van der Waals surface area contributed by atoms with Gasteiger partial charge in [-0.05, 0) is 62.2 Å². The van der Waals surface area contributed by atoms with Crippen LogP contribution in [0.3, 0.4) is 0 Å². The largest absolute Gasteiger partial charge is 0.497 e. The van der Waals surface area contributed by atoms with Crippen molar-refractivity contribution in [2.75, 3.05) is 52.9 Å². The third-order valence-electron chi connectivity index (χ3n) is 7.96. The van der Waals surface area contributed by atoms with E-state index in [0.29, 0.717) is 5.91 Å². The lowest BCUT2D eigenvalue weighted by atomic mass is 9.96. The number of piperazine rings is 1. The molecule has 2 aliphatic rings. The molecule has 2 fully saturated rings. The van der Waals surface area contributed by atoms with E-state index in [1.165, 1.54) is 18.4 Å². The van der Waals surface area contributed by atoms with E-state index in [9.17, 15) is 4.79 Å².